The molecule has 0 aliphatic heterocycles. The van der Waals surface area contributed by atoms with Crippen molar-refractivity contribution in [1.29, 1.82) is 0 Å². The number of nitrogens with one attached hydrogen (secondary N) is 1. The molecule has 2 N–H and O–H groups in total. The lowest BCUT2D eigenvalue weighted by molar-refractivity contribution is 0.0692. The molecule has 4 aromatic heterocycles. The topological polar surface area (TPSA) is 109 Å². The Morgan fingerprint density at radius 1 is 1.29 bits per heavy atom. The zero-order chi connectivity index (χ0) is 14.4. The Kier molecular flexibility index (Phi) is 2.25. The maximum Gasteiger partial charge on any atom is 0.357 e. The molecule has 102 valence electrons. The third-order valence-corrected chi connectivity index (χ3v) is 3.21. The Labute approximate surface area is 117 Å². The summed E-state index contributed by atoms with van der Waals surface area (Å²) in [6, 6.07) is 3.52. The van der Waals surface area contributed by atoms with Crippen LogP contribution in [0.3, 0.4) is 0 Å². The first-order valence-electron chi connectivity index (χ1n) is 6.10. The molecule has 4 rings (SSSR count). The summed E-state index contributed by atoms with van der Waals surface area (Å²) >= 11 is 0. The number of aromatic amines is 1. The SMILES string of the molecule is O=C(O)c1n[nH]c2cc(-c3cnn4cccnc34)ncc12. The third kappa shape index (κ3) is 1.66. The first kappa shape index (κ1) is 11.5. The van der Waals surface area contributed by atoms with Gasteiger partial charge >= 0.3 is 5.97 Å². The molecule has 8 heteroatoms. The van der Waals surface area contributed by atoms with Crippen molar-refractivity contribution in [3.05, 3.63) is 42.6 Å². The molecule has 0 bridgehead atoms. The molecule has 0 aliphatic rings. The molecular weight excluding hydrogens is 272 g/mol. The number of H-pyrrole nitrogens is 1. The van der Waals surface area contributed by atoms with Gasteiger partial charge in [-0.25, -0.2) is 14.3 Å². The second kappa shape index (κ2) is 4.10. The van der Waals surface area contributed by atoms with Gasteiger partial charge in [-0.15, -0.1) is 0 Å². The van der Waals surface area contributed by atoms with Crippen molar-refractivity contribution in [3.63, 3.8) is 0 Å². The summed E-state index contributed by atoms with van der Waals surface area (Å²) in [7, 11) is 0. The molecule has 4 heterocycles. The fraction of sp³-hybridized carbons (Fsp3) is 0. The number of aromatic carboxylic acids is 1. The van der Waals surface area contributed by atoms with Crippen molar-refractivity contribution >= 4 is 22.5 Å². The van der Waals surface area contributed by atoms with E-state index in [-0.39, 0.29) is 5.69 Å². The highest BCUT2D eigenvalue weighted by molar-refractivity contribution is 6.01. The van der Waals surface area contributed by atoms with Crippen molar-refractivity contribution in [1.82, 2.24) is 29.8 Å². The number of nitrogens with zero attached hydrogens (tertiary/aromatic N) is 5. The summed E-state index contributed by atoms with van der Waals surface area (Å²) in [4.78, 5) is 19.6. The molecule has 0 aliphatic carbocycles. The van der Waals surface area contributed by atoms with Crippen molar-refractivity contribution < 1.29 is 9.90 Å². The second-order valence-corrected chi connectivity index (χ2v) is 4.44. The van der Waals surface area contributed by atoms with E-state index in [2.05, 4.69) is 25.3 Å². The van der Waals surface area contributed by atoms with Gasteiger partial charge in [0.05, 0.1) is 28.4 Å². The van der Waals surface area contributed by atoms with E-state index in [0.29, 0.717) is 22.2 Å². The Balaban J connectivity index is 1.93. The summed E-state index contributed by atoms with van der Waals surface area (Å²) in [6.45, 7) is 0. The number of rotatable bonds is 2. The minimum atomic E-state index is -1.09. The fourth-order valence-electron chi connectivity index (χ4n) is 2.23. The smallest absolute Gasteiger partial charge is 0.357 e. The van der Waals surface area contributed by atoms with Crippen molar-refractivity contribution in [2.45, 2.75) is 0 Å². The van der Waals surface area contributed by atoms with Crippen molar-refractivity contribution in [2.75, 3.05) is 0 Å². The van der Waals surface area contributed by atoms with Crippen LogP contribution in [0.25, 0.3) is 27.8 Å². The first-order valence-corrected chi connectivity index (χ1v) is 6.10. The van der Waals surface area contributed by atoms with E-state index in [0.717, 1.165) is 5.56 Å². The Morgan fingerprint density at radius 3 is 3.05 bits per heavy atom. The van der Waals surface area contributed by atoms with Gasteiger partial charge in [-0.2, -0.15) is 10.2 Å². The van der Waals surface area contributed by atoms with Crippen molar-refractivity contribution in [2.24, 2.45) is 0 Å². The Hall–Kier alpha value is -3.29. The summed E-state index contributed by atoms with van der Waals surface area (Å²) in [5.41, 5.74) is 2.66. The second-order valence-electron chi connectivity index (χ2n) is 4.44. The molecule has 0 aromatic carbocycles. The van der Waals surface area contributed by atoms with Gasteiger partial charge in [0.15, 0.2) is 11.3 Å². The minimum Gasteiger partial charge on any atom is -0.476 e. The lowest BCUT2D eigenvalue weighted by Gasteiger charge is -1.98. The van der Waals surface area contributed by atoms with Crippen LogP contribution >= 0.6 is 0 Å². The van der Waals surface area contributed by atoms with Crippen molar-refractivity contribution in [3.8, 4) is 11.3 Å². The van der Waals surface area contributed by atoms with Crippen LogP contribution < -0.4 is 0 Å². The normalized spacial score (nSPS) is 11.2. The molecule has 21 heavy (non-hydrogen) atoms. The minimum absolute atomic E-state index is 0.0398. The maximum absolute atomic E-state index is 11.0. The van der Waals surface area contributed by atoms with E-state index in [9.17, 15) is 4.79 Å². The maximum atomic E-state index is 11.0. The summed E-state index contributed by atoms with van der Waals surface area (Å²) in [5.74, 6) is -1.09. The lowest BCUT2D eigenvalue weighted by Crippen LogP contribution is -1.97. The molecule has 0 spiro atoms. The number of carboxylic acid groups (broad SMARTS) is 1. The Morgan fingerprint density at radius 2 is 2.19 bits per heavy atom. The monoisotopic (exact) mass is 280 g/mol. The molecule has 0 fully saturated rings. The largest absolute Gasteiger partial charge is 0.476 e. The summed E-state index contributed by atoms with van der Waals surface area (Å²) in [5, 5.41) is 20.2. The average Bonchev–Trinajstić information content (AvgIpc) is 3.10. The van der Waals surface area contributed by atoms with E-state index < -0.39 is 5.97 Å². The van der Waals surface area contributed by atoms with E-state index in [4.69, 9.17) is 5.11 Å². The van der Waals surface area contributed by atoms with Crippen LogP contribution in [0, 0.1) is 0 Å². The number of fused-ring (bicyclic) bond motifs is 2. The quantitative estimate of drug-likeness (QED) is 0.574. The highest BCUT2D eigenvalue weighted by Crippen LogP contribution is 2.24. The van der Waals surface area contributed by atoms with Crippen LogP contribution in [0.5, 0.6) is 0 Å². The molecule has 0 amide bonds. The zero-order valence-electron chi connectivity index (χ0n) is 10.6. The van der Waals surface area contributed by atoms with E-state index in [1.807, 2.05) is 0 Å². The van der Waals surface area contributed by atoms with Crippen LogP contribution in [-0.2, 0) is 0 Å². The molecule has 0 atom stereocenters. The highest BCUT2D eigenvalue weighted by Gasteiger charge is 2.15. The highest BCUT2D eigenvalue weighted by atomic mass is 16.4. The van der Waals surface area contributed by atoms with E-state index in [1.165, 1.54) is 6.20 Å². The predicted molar refractivity (Wildman–Crippen MR) is 72.8 cm³/mol. The molecule has 0 saturated heterocycles. The van der Waals surface area contributed by atoms with E-state index in [1.54, 1.807) is 35.2 Å². The standard InChI is InChI=1S/C13H8N6O2/c20-13(21)11-7-5-15-9(4-10(7)17-18-11)8-6-16-19-3-1-2-14-12(8)19/h1-6H,(H,17,18)(H,20,21). The molecule has 0 saturated carbocycles. The van der Waals surface area contributed by atoms with E-state index >= 15 is 0 Å². The molecule has 8 nitrogen and oxygen atoms in total. The van der Waals surface area contributed by atoms with Crippen LogP contribution in [0.4, 0.5) is 0 Å². The van der Waals surface area contributed by atoms with Gasteiger partial charge in [0, 0.05) is 18.6 Å². The van der Waals surface area contributed by atoms with Gasteiger partial charge in [-0.3, -0.25) is 10.1 Å². The van der Waals surface area contributed by atoms with Gasteiger partial charge in [0.1, 0.15) is 0 Å². The number of carbonyl (C=O) groups is 1. The zero-order valence-corrected chi connectivity index (χ0v) is 10.6. The average molecular weight is 280 g/mol. The summed E-state index contributed by atoms with van der Waals surface area (Å²) < 4.78 is 1.65. The van der Waals surface area contributed by atoms with Gasteiger partial charge in [0.2, 0.25) is 0 Å². The molecule has 4 aromatic rings. The van der Waals surface area contributed by atoms with Crippen LogP contribution in [0.1, 0.15) is 10.5 Å². The summed E-state index contributed by atoms with van der Waals surface area (Å²) in [6.07, 6.45) is 6.63. The molecule has 0 radical (unpaired) electrons. The lowest BCUT2D eigenvalue weighted by atomic mass is 10.2. The van der Waals surface area contributed by atoms with Gasteiger partial charge in [-0.1, -0.05) is 0 Å². The number of hydrogen-bond acceptors (Lipinski definition) is 5. The number of pyridine rings is 1. The van der Waals surface area contributed by atoms with Gasteiger partial charge in [-0.05, 0) is 12.1 Å². The first-order chi connectivity index (χ1) is 10.2. The van der Waals surface area contributed by atoms with Crippen LogP contribution in [0.2, 0.25) is 0 Å². The van der Waals surface area contributed by atoms with Gasteiger partial charge in [0.25, 0.3) is 0 Å². The number of hydrogen-bond donors (Lipinski definition) is 2. The predicted octanol–water partition coefficient (Wildman–Crippen LogP) is 1.37. The molecule has 0 unspecified atom stereocenters. The fourth-order valence-corrected chi connectivity index (χ4v) is 2.23. The van der Waals surface area contributed by atoms with Gasteiger partial charge < -0.3 is 5.11 Å². The number of aromatic nitrogens is 6. The third-order valence-electron chi connectivity index (χ3n) is 3.21. The van der Waals surface area contributed by atoms with Crippen LogP contribution in [-0.4, -0.2) is 40.9 Å². The molecular formula is C13H8N6O2. The number of carboxylic acids is 1. The Bertz CT molecular complexity index is 987. The van der Waals surface area contributed by atoms with Crippen LogP contribution in [0.15, 0.2) is 36.9 Å².